The van der Waals surface area contributed by atoms with Gasteiger partial charge in [-0.15, -0.1) is 6.58 Å². The highest BCUT2D eigenvalue weighted by atomic mass is 32.1. The van der Waals surface area contributed by atoms with Crippen molar-refractivity contribution >= 4 is 29.1 Å². The van der Waals surface area contributed by atoms with E-state index < -0.39 is 5.91 Å². The van der Waals surface area contributed by atoms with Crippen molar-refractivity contribution in [2.24, 2.45) is 5.41 Å². The van der Waals surface area contributed by atoms with Crippen molar-refractivity contribution < 1.29 is 9.59 Å². The van der Waals surface area contributed by atoms with Crippen molar-refractivity contribution in [3.63, 3.8) is 0 Å². The van der Waals surface area contributed by atoms with Crippen molar-refractivity contribution in [2.75, 3.05) is 27.2 Å². The molecule has 0 aromatic rings. The van der Waals surface area contributed by atoms with Gasteiger partial charge in [-0.25, -0.2) is 0 Å². The molecule has 1 rings (SSSR count). The molecule has 1 N–H and O–H groups in total. The Morgan fingerprint density at radius 2 is 2.00 bits per heavy atom. The lowest BCUT2D eigenvalue weighted by Crippen LogP contribution is -2.54. The molecule has 0 atom stereocenters. The van der Waals surface area contributed by atoms with Crippen LogP contribution in [0.2, 0.25) is 0 Å². The minimum absolute atomic E-state index is 0.127. The second-order valence-corrected chi connectivity index (χ2v) is 6.13. The Labute approximate surface area is 125 Å². The maximum absolute atomic E-state index is 12.3. The van der Waals surface area contributed by atoms with Crippen LogP contribution < -0.4 is 5.32 Å². The molecule has 0 radical (unpaired) electrons. The number of rotatable bonds is 5. The summed E-state index contributed by atoms with van der Waals surface area (Å²) in [6, 6.07) is 0. The molecule has 0 aromatic heterocycles. The molecule has 0 saturated carbocycles. The molecule has 0 aliphatic carbocycles. The van der Waals surface area contributed by atoms with Crippen LogP contribution in [0.3, 0.4) is 0 Å². The zero-order chi connectivity index (χ0) is 15.5. The smallest absolute Gasteiger partial charge is 0.265 e. The van der Waals surface area contributed by atoms with E-state index in [4.69, 9.17) is 12.2 Å². The zero-order valence-electron chi connectivity index (χ0n) is 12.4. The molecule has 1 aliphatic rings. The highest BCUT2D eigenvalue weighted by Gasteiger charge is 2.34. The number of carbonyl (C=O) groups excluding carboxylic acids is 2. The molecule has 2 amide bonds. The number of nitrogens with one attached hydrogen (secondary N) is 1. The maximum Gasteiger partial charge on any atom is 0.265 e. The van der Waals surface area contributed by atoms with Gasteiger partial charge in [0.15, 0.2) is 5.11 Å². The van der Waals surface area contributed by atoms with Crippen LogP contribution in [-0.4, -0.2) is 53.9 Å². The average molecular weight is 295 g/mol. The fourth-order valence-electron chi connectivity index (χ4n) is 2.24. The normalized spacial score (nSPS) is 18.8. The quantitative estimate of drug-likeness (QED) is 0.355. The first-order valence-corrected chi connectivity index (χ1v) is 6.74. The predicted molar refractivity (Wildman–Crippen MR) is 83.1 cm³/mol. The molecule has 5 nitrogen and oxygen atoms in total. The third-order valence-electron chi connectivity index (χ3n) is 2.76. The lowest BCUT2D eigenvalue weighted by molar-refractivity contribution is -0.128. The summed E-state index contributed by atoms with van der Waals surface area (Å²) in [6.07, 6.45) is 3.28. The van der Waals surface area contributed by atoms with E-state index in [9.17, 15) is 9.59 Å². The van der Waals surface area contributed by atoms with Crippen molar-refractivity contribution in [1.82, 2.24) is 15.1 Å². The number of hydrogen-bond donors (Lipinski definition) is 1. The number of amides is 2. The van der Waals surface area contributed by atoms with E-state index in [2.05, 4.69) is 11.9 Å². The third kappa shape index (κ3) is 3.98. The molecule has 0 aromatic carbocycles. The van der Waals surface area contributed by atoms with Crippen LogP contribution in [0.4, 0.5) is 0 Å². The highest BCUT2D eigenvalue weighted by Crippen LogP contribution is 2.22. The largest absolute Gasteiger partial charge is 0.309 e. The first-order valence-electron chi connectivity index (χ1n) is 6.33. The average Bonchev–Trinajstić information content (AvgIpc) is 2.28. The summed E-state index contributed by atoms with van der Waals surface area (Å²) < 4.78 is 0. The summed E-state index contributed by atoms with van der Waals surface area (Å²) in [7, 11) is 3.89. The van der Waals surface area contributed by atoms with E-state index in [0.29, 0.717) is 0 Å². The Balaban J connectivity index is 3.08. The lowest BCUT2D eigenvalue weighted by atomic mass is 9.89. The van der Waals surface area contributed by atoms with Gasteiger partial charge in [-0.05, 0) is 31.7 Å². The van der Waals surface area contributed by atoms with Gasteiger partial charge in [0.1, 0.15) is 5.57 Å². The summed E-state index contributed by atoms with van der Waals surface area (Å²) >= 11 is 5.00. The fourth-order valence-corrected chi connectivity index (χ4v) is 2.49. The third-order valence-corrected chi connectivity index (χ3v) is 3.08. The van der Waals surface area contributed by atoms with Gasteiger partial charge in [0.05, 0.1) is 0 Å². The molecular formula is C14H21N3O2S. The molecule has 20 heavy (non-hydrogen) atoms. The topological polar surface area (TPSA) is 52.7 Å². The van der Waals surface area contributed by atoms with Crippen molar-refractivity contribution in [2.45, 2.75) is 13.8 Å². The van der Waals surface area contributed by atoms with Gasteiger partial charge in [0, 0.05) is 13.1 Å². The Bertz CT molecular complexity index is 481. The predicted octanol–water partition coefficient (Wildman–Crippen LogP) is 0.930. The molecule has 0 bridgehead atoms. The molecular weight excluding hydrogens is 274 g/mol. The Hall–Kier alpha value is -1.53. The molecule has 0 unspecified atom stereocenters. The van der Waals surface area contributed by atoms with Crippen LogP contribution in [0.15, 0.2) is 24.3 Å². The summed E-state index contributed by atoms with van der Waals surface area (Å²) in [5.41, 5.74) is -0.169. The zero-order valence-corrected chi connectivity index (χ0v) is 13.2. The fraction of sp³-hybridized carbons (Fsp3) is 0.500. The standard InChI is InChI=1S/C14H21N3O2S/c1-6-7-17-12(19)10(11(18)15-13(17)20)8-14(2,3)9-16(4)5/h6,8H,1,7,9H2,2-5H3,(H,15,18,20)/b10-8+. The lowest BCUT2D eigenvalue weighted by Gasteiger charge is -2.31. The number of carbonyl (C=O) groups is 2. The number of nitrogens with zero attached hydrogens (tertiary/aromatic N) is 2. The second-order valence-electron chi connectivity index (χ2n) is 5.75. The minimum Gasteiger partial charge on any atom is -0.309 e. The van der Waals surface area contributed by atoms with Gasteiger partial charge < -0.3 is 4.90 Å². The van der Waals surface area contributed by atoms with Crippen LogP contribution >= 0.6 is 12.2 Å². The van der Waals surface area contributed by atoms with Gasteiger partial charge in [0.25, 0.3) is 11.8 Å². The highest BCUT2D eigenvalue weighted by molar-refractivity contribution is 7.80. The molecule has 6 heteroatoms. The molecule has 1 fully saturated rings. The van der Waals surface area contributed by atoms with Gasteiger partial charge in [0.2, 0.25) is 0 Å². The van der Waals surface area contributed by atoms with Crippen LogP contribution in [0.1, 0.15) is 13.8 Å². The summed E-state index contributed by atoms with van der Waals surface area (Å²) in [5, 5.41) is 2.67. The van der Waals surface area contributed by atoms with Gasteiger partial charge in [-0.2, -0.15) is 0 Å². The summed E-state index contributed by atoms with van der Waals surface area (Å²) in [6.45, 7) is 8.55. The van der Waals surface area contributed by atoms with Crippen LogP contribution in [0.5, 0.6) is 0 Å². The van der Waals surface area contributed by atoms with Crippen LogP contribution in [0.25, 0.3) is 0 Å². The SMILES string of the molecule is C=CCN1C(=O)/C(=C/C(C)(C)CN(C)C)C(=O)NC1=S. The van der Waals surface area contributed by atoms with Gasteiger partial charge in [-0.3, -0.25) is 19.8 Å². The number of thiocarbonyl (C=S) groups is 1. The van der Waals surface area contributed by atoms with E-state index >= 15 is 0 Å². The molecule has 1 aliphatic heterocycles. The van der Waals surface area contributed by atoms with Crippen molar-refractivity contribution in [3.05, 3.63) is 24.3 Å². The summed E-state index contributed by atoms with van der Waals surface area (Å²) in [4.78, 5) is 27.7. The first-order chi connectivity index (χ1) is 9.18. The van der Waals surface area contributed by atoms with Gasteiger partial charge >= 0.3 is 0 Å². The van der Waals surface area contributed by atoms with E-state index in [-0.39, 0.29) is 28.6 Å². The first kappa shape index (κ1) is 16.5. The summed E-state index contributed by atoms with van der Waals surface area (Å²) in [5.74, 6) is -0.808. The number of hydrogen-bond acceptors (Lipinski definition) is 4. The van der Waals surface area contributed by atoms with Crippen LogP contribution in [-0.2, 0) is 9.59 Å². The maximum atomic E-state index is 12.3. The Morgan fingerprint density at radius 1 is 1.40 bits per heavy atom. The van der Waals surface area contributed by atoms with Crippen molar-refractivity contribution in [3.8, 4) is 0 Å². The molecule has 110 valence electrons. The second kappa shape index (κ2) is 6.28. The van der Waals surface area contributed by atoms with Gasteiger partial charge in [-0.1, -0.05) is 26.0 Å². The minimum atomic E-state index is -0.438. The monoisotopic (exact) mass is 295 g/mol. The Morgan fingerprint density at radius 3 is 2.50 bits per heavy atom. The van der Waals surface area contributed by atoms with E-state index in [1.165, 1.54) is 4.90 Å². The molecule has 1 saturated heterocycles. The Kier molecular flexibility index (Phi) is 5.19. The van der Waals surface area contributed by atoms with Crippen LogP contribution in [0, 0.1) is 5.41 Å². The molecule has 1 heterocycles. The molecule has 0 spiro atoms. The van der Waals surface area contributed by atoms with Crippen molar-refractivity contribution in [1.29, 1.82) is 0 Å². The van der Waals surface area contributed by atoms with E-state index in [1.807, 2.05) is 32.8 Å². The van der Waals surface area contributed by atoms with E-state index in [0.717, 1.165) is 6.54 Å². The van der Waals surface area contributed by atoms with E-state index in [1.54, 1.807) is 12.2 Å².